The Kier molecular flexibility index (Phi) is 7.06. The Bertz CT molecular complexity index is 1190. The molecule has 2 heterocycles. The van der Waals surface area contributed by atoms with Crippen LogP contribution >= 0.6 is 11.3 Å². The van der Waals surface area contributed by atoms with E-state index in [9.17, 15) is 18.5 Å². The maximum Gasteiger partial charge on any atom is 0.256 e. The Morgan fingerprint density at radius 3 is 2.45 bits per heavy atom. The molecule has 0 fully saturated rings. The van der Waals surface area contributed by atoms with E-state index in [2.05, 4.69) is 44.4 Å². The number of unbranched alkanes of at least 4 members (excludes halogenated alkanes) is 1. The zero-order valence-electron chi connectivity index (χ0n) is 20.1. The Balaban J connectivity index is 1.85. The van der Waals surface area contributed by atoms with Crippen LogP contribution in [0.4, 0.5) is 5.00 Å². The van der Waals surface area contributed by atoms with Gasteiger partial charge in [0.15, 0.2) is 0 Å². The fourth-order valence-electron chi connectivity index (χ4n) is 4.37. The van der Waals surface area contributed by atoms with Crippen molar-refractivity contribution >= 4 is 32.3 Å². The van der Waals surface area contributed by atoms with Crippen molar-refractivity contribution in [2.75, 3.05) is 18.9 Å². The van der Waals surface area contributed by atoms with Gasteiger partial charge in [0, 0.05) is 35.1 Å². The molecule has 9 heteroatoms. The largest absolute Gasteiger partial charge is 0.312 e. The SMILES string of the molecule is CCCCN(C)S(=O)(=O)c1ccc(C(=O)Nc2sc3c(c2C#N)CC(C)(C)NC3(C)C)cc1. The molecule has 0 atom stereocenters. The third-order valence-electron chi connectivity index (χ3n) is 5.83. The predicted molar refractivity (Wildman–Crippen MR) is 132 cm³/mol. The van der Waals surface area contributed by atoms with E-state index < -0.39 is 10.0 Å². The second-order valence-electron chi connectivity index (χ2n) is 9.69. The lowest BCUT2D eigenvalue weighted by Gasteiger charge is -2.42. The Hall–Kier alpha value is -2.25. The maximum atomic E-state index is 12.9. The van der Waals surface area contributed by atoms with Crippen molar-refractivity contribution in [3.05, 3.63) is 45.8 Å². The van der Waals surface area contributed by atoms with Crippen LogP contribution in [-0.2, 0) is 22.0 Å². The first-order valence-corrected chi connectivity index (χ1v) is 13.3. The quantitative estimate of drug-likeness (QED) is 0.599. The number of amides is 1. The molecule has 2 N–H and O–H groups in total. The van der Waals surface area contributed by atoms with Crippen LogP contribution in [0.5, 0.6) is 0 Å². The lowest BCUT2D eigenvalue weighted by Crippen LogP contribution is -2.54. The summed E-state index contributed by atoms with van der Waals surface area (Å²) in [4.78, 5) is 14.1. The first-order chi connectivity index (χ1) is 15.3. The van der Waals surface area contributed by atoms with Crippen LogP contribution in [0.1, 0.15) is 73.8 Å². The molecule has 0 spiro atoms. The molecule has 1 aromatic heterocycles. The van der Waals surface area contributed by atoms with Gasteiger partial charge in [0.1, 0.15) is 11.1 Å². The van der Waals surface area contributed by atoms with Crippen LogP contribution in [0.2, 0.25) is 0 Å². The first kappa shape index (κ1) is 25.4. The topological polar surface area (TPSA) is 102 Å². The van der Waals surface area contributed by atoms with Gasteiger partial charge in [-0.1, -0.05) is 13.3 Å². The van der Waals surface area contributed by atoms with Crippen molar-refractivity contribution in [3.8, 4) is 6.07 Å². The van der Waals surface area contributed by atoms with E-state index in [1.807, 2.05) is 6.92 Å². The van der Waals surface area contributed by atoms with Crippen molar-refractivity contribution in [2.45, 2.75) is 69.9 Å². The third-order valence-corrected chi connectivity index (χ3v) is 9.18. The highest BCUT2D eigenvalue weighted by molar-refractivity contribution is 7.89. The molecule has 1 aliphatic rings. The molecule has 0 aliphatic carbocycles. The number of rotatable bonds is 7. The van der Waals surface area contributed by atoms with Gasteiger partial charge in [0.05, 0.1) is 10.5 Å². The molecule has 0 bridgehead atoms. The van der Waals surface area contributed by atoms with E-state index in [1.165, 1.54) is 39.9 Å². The van der Waals surface area contributed by atoms with Crippen LogP contribution < -0.4 is 10.6 Å². The third kappa shape index (κ3) is 5.14. The molecule has 1 aromatic carbocycles. The highest BCUT2D eigenvalue weighted by Gasteiger charge is 2.40. The summed E-state index contributed by atoms with van der Waals surface area (Å²) in [5, 5.41) is 16.9. The Labute approximate surface area is 200 Å². The van der Waals surface area contributed by atoms with Gasteiger partial charge < -0.3 is 10.6 Å². The molecule has 0 radical (unpaired) electrons. The number of carbonyl (C=O) groups is 1. The fourth-order valence-corrected chi connectivity index (χ4v) is 6.80. The normalized spacial score (nSPS) is 16.8. The van der Waals surface area contributed by atoms with Crippen LogP contribution in [0, 0.1) is 11.3 Å². The monoisotopic (exact) mass is 488 g/mol. The molecule has 2 aromatic rings. The lowest BCUT2D eigenvalue weighted by atomic mass is 9.81. The van der Waals surface area contributed by atoms with E-state index in [1.54, 1.807) is 7.05 Å². The number of anilines is 1. The number of carbonyl (C=O) groups excluding carboxylic acids is 1. The number of hydrogen-bond donors (Lipinski definition) is 2. The minimum atomic E-state index is -3.60. The average Bonchev–Trinajstić information content (AvgIpc) is 3.08. The zero-order valence-corrected chi connectivity index (χ0v) is 21.7. The number of thiophene rings is 1. The van der Waals surface area contributed by atoms with Gasteiger partial charge in [-0.15, -0.1) is 11.3 Å². The minimum Gasteiger partial charge on any atom is -0.312 e. The van der Waals surface area contributed by atoms with Crippen molar-refractivity contribution in [2.24, 2.45) is 0 Å². The molecule has 0 saturated carbocycles. The van der Waals surface area contributed by atoms with Gasteiger partial charge in [0.2, 0.25) is 10.0 Å². The van der Waals surface area contributed by atoms with E-state index in [0.717, 1.165) is 23.3 Å². The minimum absolute atomic E-state index is 0.150. The predicted octanol–water partition coefficient (Wildman–Crippen LogP) is 4.45. The summed E-state index contributed by atoms with van der Waals surface area (Å²) < 4.78 is 26.7. The standard InChI is InChI=1S/C24H32N4O3S2/c1-7-8-13-28(6)33(30,31)17-11-9-16(10-12-17)21(29)26-22-19(15-25)18-14-23(2,3)27-24(4,5)20(18)32-22/h9-12,27H,7-8,13-14H2,1-6H3,(H,26,29). The molecule has 1 amide bonds. The van der Waals surface area contributed by atoms with Crippen LogP contribution in [0.3, 0.4) is 0 Å². The smallest absolute Gasteiger partial charge is 0.256 e. The summed E-state index contributed by atoms with van der Waals surface area (Å²) in [6.45, 7) is 10.8. The fraction of sp³-hybridized carbons (Fsp3) is 0.500. The van der Waals surface area contributed by atoms with Crippen LogP contribution in [-0.4, -0.2) is 37.8 Å². The number of nitrogens with zero attached hydrogens (tertiary/aromatic N) is 2. The van der Waals surface area contributed by atoms with Crippen LogP contribution in [0.15, 0.2) is 29.2 Å². The maximum absolute atomic E-state index is 12.9. The van der Waals surface area contributed by atoms with Gasteiger partial charge >= 0.3 is 0 Å². The second-order valence-corrected chi connectivity index (χ2v) is 12.8. The van der Waals surface area contributed by atoms with Crippen molar-refractivity contribution in [3.63, 3.8) is 0 Å². The number of nitriles is 1. The van der Waals surface area contributed by atoms with Gasteiger partial charge in [-0.2, -0.15) is 5.26 Å². The summed E-state index contributed by atoms with van der Waals surface area (Å²) in [5.74, 6) is -0.376. The zero-order chi connectivity index (χ0) is 24.6. The Morgan fingerprint density at radius 1 is 1.24 bits per heavy atom. The lowest BCUT2D eigenvalue weighted by molar-refractivity contribution is 0.102. The highest BCUT2D eigenvalue weighted by Crippen LogP contribution is 2.44. The molecule has 1 aliphatic heterocycles. The molecular formula is C24H32N4O3S2. The van der Waals surface area contributed by atoms with Gasteiger partial charge in [0.25, 0.3) is 5.91 Å². The Morgan fingerprint density at radius 2 is 1.88 bits per heavy atom. The van der Waals surface area contributed by atoms with E-state index >= 15 is 0 Å². The summed E-state index contributed by atoms with van der Waals surface area (Å²) in [7, 11) is -2.04. The molecule has 0 unspecified atom stereocenters. The number of sulfonamides is 1. The molecule has 7 nitrogen and oxygen atoms in total. The van der Waals surface area contributed by atoms with Gasteiger partial charge in [-0.25, -0.2) is 12.7 Å². The highest BCUT2D eigenvalue weighted by atomic mass is 32.2. The number of benzene rings is 1. The van der Waals surface area contributed by atoms with Gasteiger partial charge in [-0.05, 0) is 70.4 Å². The molecule has 0 saturated heterocycles. The molecule has 178 valence electrons. The number of nitrogens with one attached hydrogen (secondary N) is 2. The molecular weight excluding hydrogens is 456 g/mol. The summed E-state index contributed by atoms with van der Waals surface area (Å²) in [6.07, 6.45) is 2.38. The van der Waals surface area contributed by atoms with Crippen LogP contribution in [0.25, 0.3) is 0 Å². The van der Waals surface area contributed by atoms with Crippen molar-refractivity contribution in [1.82, 2.24) is 9.62 Å². The number of hydrogen-bond acceptors (Lipinski definition) is 6. The van der Waals surface area contributed by atoms with Crippen molar-refractivity contribution in [1.29, 1.82) is 5.26 Å². The first-order valence-electron chi connectivity index (χ1n) is 11.1. The van der Waals surface area contributed by atoms with E-state index in [4.69, 9.17) is 0 Å². The van der Waals surface area contributed by atoms with E-state index in [-0.39, 0.29) is 21.9 Å². The number of fused-ring (bicyclic) bond motifs is 1. The van der Waals surface area contributed by atoms with Gasteiger partial charge in [-0.3, -0.25) is 4.79 Å². The summed E-state index contributed by atoms with van der Waals surface area (Å²) in [6, 6.07) is 8.19. The van der Waals surface area contributed by atoms with E-state index in [0.29, 0.717) is 29.1 Å². The summed E-state index contributed by atoms with van der Waals surface area (Å²) >= 11 is 1.42. The van der Waals surface area contributed by atoms with Crippen molar-refractivity contribution < 1.29 is 13.2 Å². The summed E-state index contributed by atoms with van der Waals surface area (Å²) in [5.41, 5.74) is 1.32. The second kappa shape index (κ2) is 9.18. The average molecular weight is 489 g/mol. The molecule has 33 heavy (non-hydrogen) atoms. The molecule has 3 rings (SSSR count).